The summed E-state index contributed by atoms with van der Waals surface area (Å²) in [6.07, 6.45) is 38.2. The van der Waals surface area contributed by atoms with Crippen molar-refractivity contribution >= 4 is 5.97 Å². The lowest BCUT2D eigenvalue weighted by Crippen LogP contribution is -2.04. The zero-order chi connectivity index (χ0) is 29.7. The molecule has 0 aromatic carbocycles. The third-order valence-electron chi connectivity index (χ3n) is 7.85. The topological polar surface area (TPSA) is 26.3 Å². The van der Waals surface area contributed by atoms with Crippen molar-refractivity contribution in [3.63, 3.8) is 0 Å². The number of esters is 1. The maximum Gasteiger partial charge on any atom is 0.306 e. The number of hydrogen-bond acceptors (Lipinski definition) is 2. The molecule has 0 saturated carbocycles. The number of ether oxygens (including phenoxy) is 1. The van der Waals surface area contributed by atoms with E-state index in [0.717, 1.165) is 62.7 Å². The lowest BCUT2D eigenvalue weighted by atomic mass is 9.91. The van der Waals surface area contributed by atoms with Crippen LogP contribution in [0, 0.1) is 17.8 Å². The molecule has 2 heteroatoms. The molecule has 0 N–H and O–H groups in total. The van der Waals surface area contributed by atoms with Crippen LogP contribution >= 0.6 is 0 Å². The van der Waals surface area contributed by atoms with Crippen LogP contribution in [0.2, 0.25) is 0 Å². The lowest BCUT2D eigenvalue weighted by molar-refractivity contribution is -0.142. The summed E-state index contributed by atoms with van der Waals surface area (Å²) in [6.45, 7) is 14.3. The van der Waals surface area contributed by atoms with Crippen molar-refractivity contribution in [2.24, 2.45) is 17.8 Å². The number of rotatable bonds is 27. The summed E-state index contributed by atoms with van der Waals surface area (Å²) in [6, 6.07) is 0. The van der Waals surface area contributed by atoms with E-state index < -0.39 is 0 Å². The van der Waals surface area contributed by atoms with E-state index in [1.54, 1.807) is 0 Å². The summed E-state index contributed by atoms with van der Waals surface area (Å²) in [5, 5.41) is 0. The predicted molar refractivity (Wildman–Crippen MR) is 179 cm³/mol. The number of hydrogen-bond donors (Lipinski definition) is 0. The molecule has 0 aromatic heterocycles. The Morgan fingerprint density at radius 3 is 1.82 bits per heavy atom. The summed E-state index contributed by atoms with van der Waals surface area (Å²) in [4.78, 5) is 12.0. The van der Waals surface area contributed by atoms with Gasteiger partial charge in [0, 0.05) is 6.42 Å². The molecule has 0 heterocycles. The maximum atomic E-state index is 12.0. The van der Waals surface area contributed by atoms with Crippen LogP contribution in [0.4, 0.5) is 0 Å². The highest BCUT2D eigenvalue weighted by atomic mass is 16.5. The van der Waals surface area contributed by atoms with Crippen LogP contribution in [-0.2, 0) is 9.53 Å². The summed E-state index contributed by atoms with van der Waals surface area (Å²) in [5.74, 6) is 2.50. The van der Waals surface area contributed by atoms with Gasteiger partial charge in [0.1, 0.15) is 6.61 Å². The standard InChI is InChI=1S/C38H68O2/c1-7-8-9-10-11-12-13-14-15-16-17-18-19-20-21-31-38(39)40-33-32-37(6)30-24-29-36(5)28-23-27-35(4)26-22-25-34(2)3/h8-9,11-12,14-15,32,34-36H,7,10,13,16-31,33H2,1-6H3. The molecule has 0 spiro atoms. The summed E-state index contributed by atoms with van der Waals surface area (Å²) in [5.41, 5.74) is 1.35. The Bertz CT molecular complexity index is 682. The SMILES string of the molecule is CCC=CCC=CCC=CCCCCCCCC(=O)OCC=C(C)CCCC(C)CCCC(C)CCCC(C)C. The molecule has 0 aliphatic heterocycles. The first kappa shape index (κ1) is 38.4. The average Bonchev–Trinajstić information content (AvgIpc) is 2.90. The van der Waals surface area contributed by atoms with Gasteiger partial charge < -0.3 is 4.74 Å². The Morgan fingerprint density at radius 1 is 0.625 bits per heavy atom. The van der Waals surface area contributed by atoms with E-state index in [4.69, 9.17) is 4.74 Å². The van der Waals surface area contributed by atoms with Gasteiger partial charge in [-0.25, -0.2) is 0 Å². The van der Waals surface area contributed by atoms with Gasteiger partial charge in [0.15, 0.2) is 0 Å². The van der Waals surface area contributed by atoms with E-state index in [1.165, 1.54) is 76.2 Å². The van der Waals surface area contributed by atoms with Crippen molar-refractivity contribution in [2.45, 2.75) is 164 Å². The molecular formula is C38H68O2. The Balaban J connectivity index is 3.63. The monoisotopic (exact) mass is 557 g/mol. The molecule has 2 atom stereocenters. The molecule has 0 aliphatic carbocycles. The smallest absolute Gasteiger partial charge is 0.306 e. The van der Waals surface area contributed by atoms with Crippen LogP contribution in [0.5, 0.6) is 0 Å². The van der Waals surface area contributed by atoms with Gasteiger partial charge in [0.25, 0.3) is 0 Å². The van der Waals surface area contributed by atoms with E-state index in [-0.39, 0.29) is 5.97 Å². The summed E-state index contributed by atoms with van der Waals surface area (Å²) >= 11 is 0. The van der Waals surface area contributed by atoms with Gasteiger partial charge in [-0.1, -0.05) is 141 Å². The minimum atomic E-state index is -0.0442. The van der Waals surface area contributed by atoms with E-state index in [9.17, 15) is 4.79 Å². The Hall–Kier alpha value is -1.57. The lowest BCUT2D eigenvalue weighted by Gasteiger charge is -2.15. The van der Waals surface area contributed by atoms with Crippen LogP contribution in [0.25, 0.3) is 0 Å². The Labute approximate surface area is 251 Å². The summed E-state index contributed by atoms with van der Waals surface area (Å²) < 4.78 is 5.44. The van der Waals surface area contributed by atoms with Crippen molar-refractivity contribution in [1.82, 2.24) is 0 Å². The molecule has 2 unspecified atom stereocenters. The number of carbonyl (C=O) groups excluding carboxylic acids is 1. The first-order chi connectivity index (χ1) is 19.3. The maximum absolute atomic E-state index is 12.0. The van der Waals surface area contributed by atoms with Crippen LogP contribution in [0.15, 0.2) is 48.1 Å². The highest BCUT2D eigenvalue weighted by molar-refractivity contribution is 5.69. The zero-order valence-corrected chi connectivity index (χ0v) is 27.7. The normalized spacial score (nSPS) is 14.2. The predicted octanol–water partition coefficient (Wildman–Crippen LogP) is 12.5. The molecule has 0 bridgehead atoms. The molecule has 40 heavy (non-hydrogen) atoms. The van der Waals surface area contributed by atoms with Crippen molar-refractivity contribution in [1.29, 1.82) is 0 Å². The van der Waals surface area contributed by atoms with Crippen molar-refractivity contribution in [2.75, 3.05) is 6.61 Å². The first-order valence-electron chi connectivity index (χ1n) is 17.1. The molecule has 0 amide bonds. The van der Waals surface area contributed by atoms with Crippen LogP contribution in [0.1, 0.15) is 164 Å². The molecule has 0 radical (unpaired) electrons. The van der Waals surface area contributed by atoms with Gasteiger partial charge in [-0.3, -0.25) is 4.79 Å². The van der Waals surface area contributed by atoms with Crippen LogP contribution < -0.4 is 0 Å². The Kier molecular flexibility index (Phi) is 27.8. The van der Waals surface area contributed by atoms with Crippen molar-refractivity contribution in [3.05, 3.63) is 48.1 Å². The van der Waals surface area contributed by atoms with Crippen molar-refractivity contribution < 1.29 is 9.53 Å². The second-order valence-electron chi connectivity index (χ2n) is 12.7. The fourth-order valence-corrected chi connectivity index (χ4v) is 5.05. The van der Waals surface area contributed by atoms with E-state index in [2.05, 4.69) is 84.1 Å². The zero-order valence-electron chi connectivity index (χ0n) is 27.7. The number of carbonyl (C=O) groups is 1. The molecule has 2 nitrogen and oxygen atoms in total. The van der Waals surface area contributed by atoms with E-state index >= 15 is 0 Å². The molecular weight excluding hydrogens is 488 g/mol. The van der Waals surface area contributed by atoms with Crippen LogP contribution in [-0.4, -0.2) is 12.6 Å². The highest BCUT2D eigenvalue weighted by Crippen LogP contribution is 2.22. The molecule has 232 valence electrons. The third-order valence-corrected chi connectivity index (χ3v) is 7.85. The van der Waals surface area contributed by atoms with E-state index in [0.29, 0.717) is 13.0 Å². The van der Waals surface area contributed by atoms with Crippen LogP contribution in [0.3, 0.4) is 0 Å². The molecule has 0 aliphatic rings. The molecule has 0 fully saturated rings. The number of allylic oxidation sites excluding steroid dienone is 7. The van der Waals surface area contributed by atoms with E-state index in [1.807, 2.05) is 0 Å². The first-order valence-corrected chi connectivity index (χ1v) is 17.1. The van der Waals surface area contributed by atoms with Gasteiger partial charge in [0.05, 0.1) is 0 Å². The van der Waals surface area contributed by atoms with Gasteiger partial charge in [0.2, 0.25) is 0 Å². The second kappa shape index (κ2) is 28.9. The largest absolute Gasteiger partial charge is 0.461 e. The summed E-state index contributed by atoms with van der Waals surface area (Å²) in [7, 11) is 0. The quantitative estimate of drug-likeness (QED) is 0.0571. The highest BCUT2D eigenvalue weighted by Gasteiger charge is 2.07. The van der Waals surface area contributed by atoms with Gasteiger partial charge in [-0.15, -0.1) is 0 Å². The number of unbranched alkanes of at least 4 members (excludes halogenated alkanes) is 5. The van der Waals surface area contributed by atoms with Gasteiger partial charge in [-0.05, 0) is 82.1 Å². The third kappa shape index (κ3) is 29.4. The van der Waals surface area contributed by atoms with Gasteiger partial charge >= 0.3 is 5.97 Å². The minimum absolute atomic E-state index is 0.0442. The minimum Gasteiger partial charge on any atom is -0.461 e. The Morgan fingerprint density at radius 2 is 1.18 bits per heavy atom. The fraction of sp³-hybridized carbons (Fsp3) is 0.763. The molecule has 0 saturated heterocycles. The molecule has 0 aromatic rings. The van der Waals surface area contributed by atoms with Crippen molar-refractivity contribution in [3.8, 4) is 0 Å². The van der Waals surface area contributed by atoms with Gasteiger partial charge in [-0.2, -0.15) is 0 Å². The second-order valence-corrected chi connectivity index (χ2v) is 12.7. The average molecular weight is 557 g/mol. The molecule has 0 rings (SSSR count). The fourth-order valence-electron chi connectivity index (χ4n) is 5.05.